The van der Waals surface area contributed by atoms with Crippen LogP contribution in [0, 0.1) is 5.82 Å². The van der Waals surface area contributed by atoms with Crippen molar-refractivity contribution in [3.05, 3.63) is 41.3 Å². The molecule has 1 aromatic heterocycles. The van der Waals surface area contributed by atoms with E-state index in [9.17, 15) is 14.7 Å². The number of rotatable bonds is 2. The highest BCUT2D eigenvalue weighted by Gasteiger charge is 2.35. The van der Waals surface area contributed by atoms with Crippen LogP contribution in [0.25, 0.3) is 10.9 Å². The Bertz CT molecular complexity index is 893. The molecule has 136 valence electrons. The van der Waals surface area contributed by atoms with Crippen LogP contribution in [-0.4, -0.2) is 35.0 Å². The number of aromatic nitrogens is 1. The first-order chi connectivity index (χ1) is 12.5. The molecule has 2 amide bonds. The number of carbonyl (C=O) groups is 2. The molecular weight excluding hydrogens is 337 g/mol. The van der Waals surface area contributed by atoms with Crippen LogP contribution in [0.3, 0.4) is 0 Å². The lowest BCUT2D eigenvalue weighted by Crippen LogP contribution is -2.40. The number of piperidine rings is 2. The van der Waals surface area contributed by atoms with Crippen LogP contribution in [-0.2, 0) is 15.2 Å². The maximum atomic E-state index is 15.2. The molecule has 7 heteroatoms. The first-order valence-corrected chi connectivity index (χ1v) is 8.83. The molecule has 4 rings (SSSR count). The average molecular weight is 357 g/mol. The first kappa shape index (κ1) is 17.1. The number of halogens is 1. The van der Waals surface area contributed by atoms with E-state index in [1.54, 1.807) is 24.4 Å². The van der Waals surface area contributed by atoms with Crippen molar-refractivity contribution in [3.63, 3.8) is 0 Å². The molecule has 3 N–H and O–H groups in total. The van der Waals surface area contributed by atoms with Crippen molar-refractivity contribution in [2.75, 3.05) is 13.1 Å². The number of amides is 2. The van der Waals surface area contributed by atoms with Gasteiger partial charge in [-0.1, -0.05) is 6.07 Å². The molecule has 3 heterocycles. The second kappa shape index (κ2) is 6.41. The molecule has 0 saturated carbocycles. The Morgan fingerprint density at radius 2 is 2.00 bits per heavy atom. The fraction of sp³-hybridized carbons (Fsp3) is 0.421. The van der Waals surface area contributed by atoms with Gasteiger partial charge in [-0.25, -0.2) is 4.39 Å². The Balaban J connectivity index is 1.76. The summed E-state index contributed by atoms with van der Waals surface area (Å²) in [5.41, 5.74) is 0.123. The van der Waals surface area contributed by atoms with Gasteiger partial charge in [-0.05, 0) is 50.0 Å². The van der Waals surface area contributed by atoms with Crippen molar-refractivity contribution in [1.29, 1.82) is 0 Å². The first-order valence-electron chi connectivity index (χ1n) is 8.83. The van der Waals surface area contributed by atoms with E-state index >= 15 is 4.39 Å². The van der Waals surface area contributed by atoms with Crippen LogP contribution < -0.4 is 10.6 Å². The van der Waals surface area contributed by atoms with Crippen LogP contribution in [0.2, 0.25) is 0 Å². The molecule has 0 spiro atoms. The van der Waals surface area contributed by atoms with Crippen LogP contribution in [0.1, 0.15) is 42.7 Å². The summed E-state index contributed by atoms with van der Waals surface area (Å²) < 4.78 is 15.2. The molecule has 0 bridgehead atoms. The van der Waals surface area contributed by atoms with Gasteiger partial charge in [0.25, 0.3) is 0 Å². The minimum absolute atomic E-state index is 0.254. The zero-order valence-electron chi connectivity index (χ0n) is 14.2. The highest BCUT2D eigenvalue weighted by atomic mass is 19.1. The highest BCUT2D eigenvalue weighted by Crippen LogP contribution is 2.36. The summed E-state index contributed by atoms with van der Waals surface area (Å²) in [6.07, 6.45) is 3.07. The summed E-state index contributed by atoms with van der Waals surface area (Å²) in [7, 11) is 0. The summed E-state index contributed by atoms with van der Waals surface area (Å²) in [6, 6.07) is 4.91. The second-order valence-electron chi connectivity index (χ2n) is 7.05. The molecule has 2 fully saturated rings. The SMILES string of the molecule is O=C1CCC(c2cnc3ccc(C4(O)CCNCC4)c(F)c3c2)C(=O)N1. The predicted octanol–water partition coefficient (Wildman–Crippen LogP) is 1.47. The molecule has 2 aliphatic heterocycles. The fourth-order valence-electron chi connectivity index (χ4n) is 3.85. The standard InChI is InChI=1S/C19H20FN3O3/c20-17-13-9-11(12-1-4-16(24)23-18(12)25)10-22-15(13)3-2-14(17)19(26)5-7-21-8-6-19/h2-3,9-10,12,21,26H,1,4-8H2,(H,23,24,25). The second-order valence-corrected chi connectivity index (χ2v) is 7.05. The lowest BCUT2D eigenvalue weighted by atomic mass is 9.83. The van der Waals surface area contributed by atoms with E-state index in [-0.39, 0.29) is 29.2 Å². The summed E-state index contributed by atoms with van der Waals surface area (Å²) in [5.74, 6) is -1.68. The largest absolute Gasteiger partial charge is 0.385 e. The van der Waals surface area contributed by atoms with Gasteiger partial charge in [0, 0.05) is 23.6 Å². The summed E-state index contributed by atoms with van der Waals surface area (Å²) in [6.45, 7) is 1.26. The molecular formula is C19H20FN3O3. The number of hydrogen-bond acceptors (Lipinski definition) is 5. The van der Waals surface area contributed by atoms with E-state index in [2.05, 4.69) is 15.6 Å². The Kier molecular flexibility index (Phi) is 4.20. The molecule has 2 aliphatic rings. The Morgan fingerprint density at radius 1 is 1.23 bits per heavy atom. The number of pyridine rings is 1. The number of carbonyl (C=O) groups excluding carboxylic acids is 2. The lowest BCUT2D eigenvalue weighted by molar-refractivity contribution is -0.134. The summed E-state index contributed by atoms with van der Waals surface area (Å²) in [5, 5.41) is 16.6. The molecule has 0 radical (unpaired) electrons. The van der Waals surface area contributed by atoms with Gasteiger partial charge in [0.1, 0.15) is 5.82 Å². The summed E-state index contributed by atoms with van der Waals surface area (Å²) in [4.78, 5) is 27.7. The monoisotopic (exact) mass is 357 g/mol. The van der Waals surface area contributed by atoms with E-state index < -0.39 is 17.3 Å². The minimum Gasteiger partial charge on any atom is -0.385 e. The number of fused-ring (bicyclic) bond motifs is 1. The van der Waals surface area contributed by atoms with Gasteiger partial charge in [0.2, 0.25) is 11.8 Å². The number of aliphatic hydroxyl groups is 1. The Labute approximate surface area is 149 Å². The fourth-order valence-corrected chi connectivity index (χ4v) is 3.85. The van der Waals surface area contributed by atoms with E-state index in [1.807, 2.05) is 0 Å². The topological polar surface area (TPSA) is 91.3 Å². The van der Waals surface area contributed by atoms with Crippen molar-refractivity contribution in [2.45, 2.75) is 37.2 Å². The Morgan fingerprint density at radius 3 is 2.73 bits per heavy atom. The van der Waals surface area contributed by atoms with Crippen LogP contribution >= 0.6 is 0 Å². The molecule has 26 heavy (non-hydrogen) atoms. The van der Waals surface area contributed by atoms with Gasteiger partial charge in [0.15, 0.2) is 0 Å². The van der Waals surface area contributed by atoms with Crippen molar-refractivity contribution in [2.24, 2.45) is 0 Å². The molecule has 1 aromatic carbocycles. The third kappa shape index (κ3) is 2.87. The number of imide groups is 1. The molecule has 6 nitrogen and oxygen atoms in total. The number of nitrogens with zero attached hydrogens (tertiary/aromatic N) is 1. The molecule has 1 atom stereocenters. The van der Waals surface area contributed by atoms with Gasteiger partial charge in [-0.2, -0.15) is 0 Å². The zero-order chi connectivity index (χ0) is 18.3. The molecule has 0 aliphatic carbocycles. The number of nitrogens with one attached hydrogen (secondary N) is 2. The third-order valence-electron chi connectivity index (χ3n) is 5.39. The normalized spacial score (nSPS) is 23.1. The molecule has 2 aromatic rings. The third-order valence-corrected chi connectivity index (χ3v) is 5.39. The van der Waals surface area contributed by atoms with Gasteiger partial charge >= 0.3 is 0 Å². The van der Waals surface area contributed by atoms with Crippen LogP contribution in [0.4, 0.5) is 4.39 Å². The van der Waals surface area contributed by atoms with Crippen molar-refractivity contribution in [3.8, 4) is 0 Å². The molecule has 1 unspecified atom stereocenters. The lowest BCUT2D eigenvalue weighted by Gasteiger charge is -2.33. The summed E-state index contributed by atoms with van der Waals surface area (Å²) >= 11 is 0. The van der Waals surface area contributed by atoms with Crippen LogP contribution in [0.5, 0.6) is 0 Å². The van der Waals surface area contributed by atoms with E-state index in [0.29, 0.717) is 43.4 Å². The van der Waals surface area contributed by atoms with E-state index in [4.69, 9.17) is 0 Å². The minimum atomic E-state index is -1.20. The van der Waals surface area contributed by atoms with Crippen molar-refractivity contribution >= 4 is 22.7 Å². The van der Waals surface area contributed by atoms with Crippen molar-refractivity contribution in [1.82, 2.24) is 15.6 Å². The van der Waals surface area contributed by atoms with Crippen LogP contribution in [0.15, 0.2) is 24.4 Å². The zero-order valence-corrected chi connectivity index (χ0v) is 14.2. The van der Waals surface area contributed by atoms with Gasteiger partial charge in [-0.15, -0.1) is 0 Å². The number of benzene rings is 1. The van der Waals surface area contributed by atoms with Crippen molar-refractivity contribution < 1.29 is 19.1 Å². The van der Waals surface area contributed by atoms with Gasteiger partial charge in [0.05, 0.1) is 17.0 Å². The average Bonchev–Trinajstić information content (AvgIpc) is 2.62. The smallest absolute Gasteiger partial charge is 0.234 e. The maximum Gasteiger partial charge on any atom is 0.234 e. The molecule has 2 saturated heterocycles. The Hall–Kier alpha value is -2.38. The quantitative estimate of drug-likeness (QED) is 0.708. The number of hydrogen-bond donors (Lipinski definition) is 3. The van der Waals surface area contributed by atoms with Gasteiger partial charge in [-0.3, -0.25) is 19.9 Å². The van der Waals surface area contributed by atoms with Gasteiger partial charge < -0.3 is 10.4 Å². The maximum absolute atomic E-state index is 15.2. The van der Waals surface area contributed by atoms with E-state index in [1.165, 1.54) is 0 Å². The van der Waals surface area contributed by atoms with E-state index in [0.717, 1.165) is 0 Å². The highest BCUT2D eigenvalue weighted by molar-refractivity contribution is 6.01. The predicted molar refractivity (Wildman–Crippen MR) is 92.8 cm³/mol.